The predicted molar refractivity (Wildman–Crippen MR) is 74.4 cm³/mol. The van der Waals surface area contributed by atoms with Crippen LogP contribution in [0.25, 0.3) is 11.4 Å². The molecular weight excluding hydrogens is 257 g/mol. The fourth-order valence-corrected chi connectivity index (χ4v) is 2.94. The number of tetrazole rings is 1. The van der Waals surface area contributed by atoms with Crippen LogP contribution in [0.4, 0.5) is 10.1 Å². The third-order valence-electron chi connectivity index (χ3n) is 4.17. The van der Waals surface area contributed by atoms with Gasteiger partial charge in [-0.2, -0.15) is 0 Å². The highest BCUT2D eigenvalue weighted by Gasteiger charge is 2.32. The van der Waals surface area contributed by atoms with E-state index in [0.717, 1.165) is 18.4 Å². The Morgan fingerprint density at radius 3 is 2.70 bits per heavy atom. The molecule has 0 atom stereocenters. The first-order valence-corrected chi connectivity index (χ1v) is 6.94. The van der Waals surface area contributed by atoms with Crippen molar-refractivity contribution in [2.45, 2.75) is 44.6 Å². The molecule has 1 fully saturated rings. The molecule has 0 radical (unpaired) electrons. The van der Waals surface area contributed by atoms with Crippen molar-refractivity contribution in [3.8, 4) is 11.4 Å². The Labute approximate surface area is 117 Å². The summed E-state index contributed by atoms with van der Waals surface area (Å²) in [6.45, 7) is 2.18. The van der Waals surface area contributed by atoms with E-state index in [4.69, 9.17) is 5.73 Å². The first-order valence-electron chi connectivity index (χ1n) is 6.94. The highest BCUT2D eigenvalue weighted by atomic mass is 19.1. The molecule has 2 N–H and O–H groups in total. The maximum absolute atomic E-state index is 13.3. The summed E-state index contributed by atoms with van der Waals surface area (Å²) in [5, 5.41) is 12.1. The van der Waals surface area contributed by atoms with E-state index in [9.17, 15) is 4.39 Å². The van der Waals surface area contributed by atoms with Crippen LogP contribution in [0.1, 0.15) is 39.0 Å². The summed E-state index contributed by atoms with van der Waals surface area (Å²) in [6.07, 6.45) is 5.74. The summed E-state index contributed by atoms with van der Waals surface area (Å²) in [5.74, 6) is 0.234. The Hall–Kier alpha value is -1.98. The molecule has 1 saturated carbocycles. The van der Waals surface area contributed by atoms with Crippen LogP contribution in [-0.2, 0) is 5.54 Å². The normalized spacial score (nSPS) is 18.1. The number of nitrogens with two attached hydrogens (primary N) is 1. The molecule has 1 heterocycles. The molecule has 1 aliphatic carbocycles. The maximum Gasteiger partial charge on any atom is 0.182 e. The fourth-order valence-electron chi connectivity index (χ4n) is 2.94. The van der Waals surface area contributed by atoms with E-state index in [1.807, 2.05) is 4.68 Å². The molecule has 0 saturated heterocycles. The maximum atomic E-state index is 13.3. The van der Waals surface area contributed by atoms with Gasteiger partial charge in [-0.15, -0.1) is 5.10 Å². The number of benzene rings is 1. The van der Waals surface area contributed by atoms with Crippen LogP contribution in [0, 0.1) is 5.82 Å². The quantitative estimate of drug-likeness (QED) is 0.855. The topological polar surface area (TPSA) is 69.6 Å². The smallest absolute Gasteiger partial charge is 0.182 e. The van der Waals surface area contributed by atoms with Gasteiger partial charge in [0.25, 0.3) is 0 Å². The van der Waals surface area contributed by atoms with E-state index in [0.29, 0.717) is 5.82 Å². The molecule has 106 valence electrons. The zero-order chi connectivity index (χ0) is 14.2. The summed E-state index contributed by atoms with van der Waals surface area (Å²) < 4.78 is 15.2. The number of hydrogen-bond acceptors (Lipinski definition) is 4. The second-order valence-electron chi connectivity index (χ2n) is 5.71. The molecule has 1 aliphatic rings. The zero-order valence-electron chi connectivity index (χ0n) is 11.5. The van der Waals surface area contributed by atoms with Crippen LogP contribution in [0.15, 0.2) is 18.2 Å². The minimum atomic E-state index is -0.420. The highest BCUT2D eigenvalue weighted by Crippen LogP contribution is 2.36. The number of nitrogen functional groups attached to an aromatic ring is 1. The van der Waals surface area contributed by atoms with Gasteiger partial charge in [-0.05, 0) is 48.4 Å². The van der Waals surface area contributed by atoms with Gasteiger partial charge < -0.3 is 5.73 Å². The van der Waals surface area contributed by atoms with Gasteiger partial charge in [-0.3, -0.25) is 0 Å². The third-order valence-corrected chi connectivity index (χ3v) is 4.17. The summed E-state index contributed by atoms with van der Waals surface area (Å²) >= 11 is 0. The molecule has 1 aromatic heterocycles. The first kappa shape index (κ1) is 13.0. The monoisotopic (exact) mass is 275 g/mol. The molecule has 20 heavy (non-hydrogen) atoms. The van der Waals surface area contributed by atoms with Gasteiger partial charge in [0.15, 0.2) is 5.82 Å². The van der Waals surface area contributed by atoms with Crippen LogP contribution in [0.3, 0.4) is 0 Å². The molecule has 0 amide bonds. The van der Waals surface area contributed by atoms with Crippen LogP contribution in [0.5, 0.6) is 0 Å². The van der Waals surface area contributed by atoms with E-state index in [2.05, 4.69) is 22.4 Å². The molecule has 3 rings (SSSR count). The van der Waals surface area contributed by atoms with Gasteiger partial charge in [0.2, 0.25) is 0 Å². The molecule has 2 aromatic rings. The Bertz CT molecular complexity index is 616. The molecular formula is C14H18FN5. The average Bonchev–Trinajstić information content (AvgIpc) is 2.93. The molecule has 6 heteroatoms. The van der Waals surface area contributed by atoms with Crippen LogP contribution >= 0.6 is 0 Å². The van der Waals surface area contributed by atoms with Crippen molar-refractivity contribution in [3.63, 3.8) is 0 Å². The van der Waals surface area contributed by atoms with Gasteiger partial charge in [0.05, 0.1) is 11.2 Å². The highest BCUT2D eigenvalue weighted by molar-refractivity contribution is 5.61. The lowest BCUT2D eigenvalue weighted by atomic mass is 9.83. The van der Waals surface area contributed by atoms with Gasteiger partial charge in [-0.25, -0.2) is 9.07 Å². The van der Waals surface area contributed by atoms with Gasteiger partial charge in [0.1, 0.15) is 5.82 Å². The molecule has 0 spiro atoms. The summed E-state index contributed by atoms with van der Waals surface area (Å²) in [4.78, 5) is 0. The fraction of sp³-hybridized carbons (Fsp3) is 0.500. The van der Waals surface area contributed by atoms with Gasteiger partial charge in [0, 0.05) is 5.56 Å². The second-order valence-corrected chi connectivity index (χ2v) is 5.71. The van der Waals surface area contributed by atoms with Gasteiger partial charge in [-0.1, -0.05) is 19.3 Å². The largest absolute Gasteiger partial charge is 0.396 e. The van der Waals surface area contributed by atoms with Crippen molar-refractivity contribution in [2.75, 3.05) is 5.73 Å². The van der Waals surface area contributed by atoms with Gasteiger partial charge >= 0.3 is 0 Å². The number of nitrogens with zero attached hydrogens (tertiary/aromatic N) is 4. The lowest BCUT2D eigenvalue weighted by Crippen LogP contribution is -2.34. The summed E-state index contributed by atoms with van der Waals surface area (Å²) in [6, 6.07) is 4.61. The zero-order valence-corrected chi connectivity index (χ0v) is 11.5. The molecule has 0 unspecified atom stereocenters. The Balaban J connectivity index is 2.03. The SMILES string of the molecule is CC1(n2nnnc2-c2ccc(F)c(N)c2)CCCCC1. The standard InChI is InChI=1S/C14H18FN5/c1-14(7-3-2-4-8-14)20-13(17-18-19-20)10-5-6-11(15)12(16)9-10/h5-6,9H,2-4,7-8,16H2,1H3. The second kappa shape index (κ2) is 4.85. The number of aromatic nitrogens is 4. The van der Waals surface area contributed by atoms with Crippen LogP contribution < -0.4 is 5.73 Å². The van der Waals surface area contributed by atoms with Crippen molar-refractivity contribution in [2.24, 2.45) is 0 Å². The van der Waals surface area contributed by atoms with Crippen molar-refractivity contribution < 1.29 is 4.39 Å². The van der Waals surface area contributed by atoms with E-state index >= 15 is 0 Å². The minimum Gasteiger partial charge on any atom is -0.396 e. The predicted octanol–water partition coefficient (Wildman–Crippen LogP) is 2.74. The lowest BCUT2D eigenvalue weighted by molar-refractivity contribution is 0.197. The number of hydrogen-bond donors (Lipinski definition) is 1. The van der Waals surface area contributed by atoms with Crippen LogP contribution in [-0.4, -0.2) is 20.2 Å². The van der Waals surface area contributed by atoms with Crippen molar-refractivity contribution in [1.82, 2.24) is 20.2 Å². The number of rotatable bonds is 2. The average molecular weight is 275 g/mol. The third kappa shape index (κ3) is 2.15. The van der Waals surface area contributed by atoms with E-state index in [-0.39, 0.29) is 11.2 Å². The molecule has 0 aliphatic heterocycles. The summed E-state index contributed by atoms with van der Waals surface area (Å²) in [7, 11) is 0. The van der Waals surface area contributed by atoms with E-state index in [1.165, 1.54) is 25.3 Å². The first-order chi connectivity index (χ1) is 9.60. The summed E-state index contributed by atoms with van der Waals surface area (Å²) in [5.41, 5.74) is 6.43. The molecule has 0 bridgehead atoms. The van der Waals surface area contributed by atoms with Crippen molar-refractivity contribution in [3.05, 3.63) is 24.0 Å². The van der Waals surface area contributed by atoms with E-state index < -0.39 is 5.82 Å². The minimum absolute atomic E-state index is 0.0692. The number of anilines is 1. The van der Waals surface area contributed by atoms with Crippen molar-refractivity contribution >= 4 is 5.69 Å². The molecule has 1 aromatic carbocycles. The Morgan fingerprint density at radius 1 is 1.25 bits per heavy atom. The van der Waals surface area contributed by atoms with Crippen molar-refractivity contribution in [1.29, 1.82) is 0 Å². The lowest BCUT2D eigenvalue weighted by Gasteiger charge is -2.33. The Kier molecular flexibility index (Phi) is 3.16. The number of halogens is 1. The Morgan fingerprint density at radius 2 is 2.00 bits per heavy atom. The van der Waals surface area contributed by atoms with E-state index in [1.54, 1.807) is 12.1 Å². The molecule has 5 nitrogen and oxygen atoms in total. The van der Waals surface area contributed by atoms with Crippen LogP contribution in [0.2, 0.25) is 0 Å².